The number of hydrogen-bond acceptors (Lipinski definition) is 3. The van der Waals surface area contributed by atoms with Crippen LogP contribution in [0.25, 0.3) is 0 Å². The van der Waals surface area contributed by atoms with E-state index >= 15 is 0 Å². The Labute approximate surface area is 121 Å². The Morgan fingerprint density at radius 3 is 2.25 bits per heavy atom. The Morgan fingerprint density at radius 1 is 1.00 bits per heavy atom. The summed E-state index contributed by atoms with van der Waals surface area (Å²) >= 11 is 0. The number of primary amides is 1. The normalized spacial score (nSPS) is 21.9. The highest BCUT2D eigenvalue weighted by molar-refractivity contribution is 5.77. The average Bonchev–Trinajstić information content (AvgIpc) is 2.46. The summed E-state index contributed by atoms with van der Waals surface area (Å²) < 4.78 is 0. The van der Waals surface area contributed by atoms with Gasteiger partial charge in [0.05, 0.1) is 6.54 Å². The molecule has 0 bridgehead atoms. The van der Waals surface area contributed by atoms with Crippen molar-refractivity contribution in [1.82, 2.24) is 9.80 Å². The number of carbonyl (C=O) groups is 2. The predicted octanol–water partition coefficient (Wildman–Crippen LogP) is 0.976. The Morgan fingerprint density at radius 2 is 1.65 bits per heavy atom. The molecule has 0 aromatic carbocycles. The van der Waals surface area contributed by atoms with Crippen molar-refractivity contribution in [1.29, 1.82) is 0 Å². The lowest BCUT2D eigenvalue weighted by atomic mass is 9.86. The van der Waals surface area contributed by atoms with Crippen molar-refractivity contribution in [3.05, 3.63) is 0 Å². The quantitative estimate of drug-likeness (QED) is 0.817. The molecule has 20 heavy (non-hydrogen) atoms. The molecule has 0 atom stereocenters. The highest BCUT2D eigenvalue weighted by Crippen LogP contribution is 2.27. The van der Waals surface area contributed by atoms with E-state index in [0.717, 1.165) is 38.5 Å². The van der Waals surface area contributed by atoms with Crippen LogP contribution in [0.1, 0.15) is 44.9 Å². The van der Waals surface area contributed by atoms with Crippen LogP contribution in [-0.4, -0.2) is 54.3 Å². The van der Waals surface area contributed by atoms with Gasteiger partial charge < -0.3 is 10.6 Å². The Balaban J connectivity index is 1.65. The summed E-state index contributed by atoms with van der Waals surface area (Å²) in [5, 5.41) is 0. The zero-order chi connectivity index (χ0) is 14.4. The third-order valence-corrected chi connectivity index (χ3v) is 4.60. The van der Waals surface area contributed by atoms with E-state index in [2.05, 4.69) is 0 Å². The van der Waals surface area contributed by atoms with E-state index in [1.54, 1.807) is 0 Å². The Hall–Kier alpha value is -1.10. The molecule has 0 unspecified atom stereocenters. The molecule has 1 aliphatic heterocycles. The molecule has 0 aromatic rings. The van der Waals surface area contributed by atoms with Crippen molar-refractivity contribution < 1.29 is 9.59 Å². The number of nitrogens with zero attached hydrogens (tertiary/aromatic N) is 2. The van der Waals surface area contributed by atoms with Crippen LogP contribution in [0.3, 0.4) is 0 Å². The molecular formula is C15H27N3O2. The fourth-order valence-corrected chi connectivity index (χ4v) is 3.34. The second-order valence-corrected chi connectivity index (χ2v) is 6.17. The average molecular weight is 281 g/mol. The minimum absolute atomic E-state index is 0.286. The molecule has 5 nitrogen and oxygen atoms in total. The second-order valence-electron chi connectivity index (χ2n) is 6.17. The van der Waals surface area contributed by atoms with E-state index in [0.29, 0.717) is 13.0 Å². The van der Waals surface area contributed by atoms with E-state index in [4.69, 9.17) is 5.73 Å². The molecule has 5 heteroatoms. The van der Waals surface area contributed by atoms with E-state index < -0.39 is 0 Å². The predicted molar refractivity (Wildman–Crippen MR) is 78.0 cm³/mol. The van der Waals surface area contributed by atoms with Gasteiger partial charge in [-0.2, -0.15) is 0 Å². The molecule has 0 radical (unpaired) electrons. The van der Waals surface area contributed by atoms with Crippen LogP contribution in [0, 0.1) is 5.92 Å². The van der Waals surface area contributed by atoms with Gasteiger partial charge in [-0.05, 0) is 12.3 Å². The van der Waals surface area contributed by atoms with E-state index in [-0.39, 0.29) is 11.8 Å². The van der Waals surface area contributed by atoms with Gasteiger partial charge in [0, 0.05) is 32.6 Å². The van der Waals surface area contributed by atoms with Crippen LogP contribution in [0.2, 0.25) is 0 Å². The van der Waals surface area contributed by atoms with Gasteiger partial charge in [-0.15, -0.1) is 0 Å². The lowest BCUT2D eigenvalue weighted by molar-refractivity contribution is -0.133. The summed E-state index contributed by atoms with van der Waals surface area (Å²) in [4.78, 5) is 27.0. The van der Waals surface area contributed by atoms with Gasteiger partial charge in [0.15, 0.2) is 0 Å². The maximum atomic E-state index is 12.2. The van der Waals surface area contributed by atoms with Crippen LogP contribution < -0.4 is 5.73 Å². The van der Waals surface area contributed by atoms with Crippen molar-refractivity contribution >= 4 is 11.8 Å². The summed E-state index contributed by atoms with van der Waals surface area (Å²) in [6.07, 6.45) is 8.40. The van der Waals surface area contributed by atoms with Crippen LogP contribution >= 0.6 is 0 Å². The van der Waals surface area contributed by atoms with Crippen LogP contribution in [0.5, 0.6) is 0 Å². The van der Waals surface area contributed by atoms with E-state index in [1.165, 1.54) is 32.1 Å². The molecule has 0 aromatic heterocycles. The van der Waals surface area contributed by atoms with Gasteiger partial charge in [0.1, 0.15) is 0 Å². The molecule has 2 fully saturated rings. The lowest BCUT2D eigenvalue weighted by Gasteiger charge is -2.34. The summed E-state index contributed by atoms with van der Waals surface area (Å²) in [5.41, 5.74) is 5.19. The third-order valence-electron chi connectivity index (χ3n) is 4.60. The molecule has 2 amide bonds. The maximum absolute atomic E-state index is 12.2. The van der Waals surface area contributed by atoms with Crippen molar-refractivity contribution in [2.45, 2.75) is 44.9 Å². The number of nitrogens with two attached hydrogens (primary N) is 1. The summed E-state index contributed by atoms with van der Waals surface area (Å²) in [5.74, 6) is 0.764. The first-order valence-electron chi connectivity index (χ1n) is 7.93. The fraction of sp³-hybridized carbons (Fsp3) is 0.867. The van der Waals surface area contributed by atoms with Crippen molar-refractivity contribution in [2.24, 2.45) is 11.7 Å². The van der Waals surface area contributed by atoms with Crippen LogP contribution in [0.15, 0.2) is 0 Å². The second kappa shape index (κ2) is 7.62. The number of hydrogen-bond donors (Lipinski definition) is 1. The summed E-state index contributed by atoms with van der Waals surface area (Å²) in [6.45, 7) is 3.30. The summed E-state index contributed by atoms with van der Waals surface area (Å²) in [6, 6.07) is 0. The first-order valence-corrected chi connectivity index (χ1v) is 7.93. The fourth-order valence-electron chi connectivity index (χ4n) is 3.34. The Kier molecular flexibility index (Phi) is 5.83. The molecule has 1 heterocycles. The molecule has 2 N–H and O–H groups in total. The molecule has 114 valence electrons. The molecule has 1 saturated carbocycles. The molecule has 2 rings (SSSR count). The highest BCUT2D eigenvalue weighted by atomic mass is 16.2. The van der Waals surface area contributed by atoms with Crippen molar-refractivity contribution in [3.63, 3.8) is 0 Å². The van der Waals surface area contributed by atoms with Crippen molar-refractivity contribution in [3.8, 4) is 0 Å². The summed E-state index contributed by atoms with van der Waals surface area (Å²) in [7, 11) is 0. The van der Waals surface area contributed by atoms with Gasteiger partial charge in [0.2, 0.25) is 11.8 Å². The molecule has 1 saturated heterocycles. The van der Waals surface area contributed by atoms with Gasteiger partial charge >= 0.3 is 0 Å². The zero-order valence-corrected chi connectivity index (χ0v) is 12.4. The first kappa shape index (κ1) is 15.3. The van der Waals surface area contributed by atoms with E-state index in [9.17, 15) is 9.59 Å². The third kappa shape index (κ3) is 4.78. The smallest absolute Gasteiger partial charge is 0.231 e. The minimum atomic E-state index is -0.290. The monoisotopic (exact) mass is 281 g/mol. The van der Waals surface area contributed by atoms with Gasteiger partial charge in [0.25, 0.3) is 0 Å². The number of piperazine rings is 1. The maximum Gasteiger partial charge on any atom is 0.231 e. The number of carbonyl (C=O) groups excluding carboxylic acids is 2. The highest BCUT2D eigenvalue weighted by Gasteiger charge is 2.22. The van der Waals surface area contributed by atoms with Gasteiger partial charge in [-0.3, -0.25) is 14.5 Å². The Bertz CT molecular complexity index is 332. The molecular weight excluding hydrogens is 254 g/mol. The SMILES string of the molecule is NC(=O)CN1CCN(C(=O)CCC2CCCCC2)CC1. The van der Waals surface area contributed by atoms with Crippen molar-refractivity contribution in [2.75, 3.05) is 32.7 Å². The lowest BCUT2D eigenvalue weighted by Crippen LogP contribution is -2.50. The van der Waals surface area contributed by atoms with Gasteiger partial charge in [-0.1, -0.05) is 32.1 Å². The number of rotatable bonds is 5. The molecule has 1 aliphatic carbocycles. The van der Waals surface area contributed by atoms with Gasteiger partial charge in [-0.25, -0.2) is 0 Å². The standard InChI is InChI=1S/C15H27N3O2/c16-14(19)12-17-8-10-18(11-9-17)15(20)7-6-13-4-2-1-3-5-13/h13H,1-12H2,(H2,16,19). The molecule has 0 spiro atoms. The van der Waals surface area contributed by atoms with Crippen LogP contribution in [0.4, 0.5) is 0 Å². The first-order chi connectivity index (χ1) is 9.65. The van der Waals surface area contributed by atoms with E-state index in [1.807, 2.05) is 9.80 Å². The molecule has 2 aliphatic rings. The largest absolute Gasteiger partial charge is 0.369 e. The topological polar surface area (TPSA) is 66.6 Å². The number of amides is 2. The minimum Gasteiger partial charge on any atom is -0.369 e. The zero-order valence-electron chi connectivity index (χ0n) is 12.4. The van der Waals surface area contributed by atoms with Crippen LogP contribution in [-0.2, 0) is 9.59 Å².